The van der Waals surface area contributed by atoms with Crippen molar-refractivity contribution in [2.75, 3.05) is 40.5 Å². The highest BCUT2D eigenvalue weighted by Crippen LogP contribution is 2.11. The first kappa shape index (κ1) is 24.6. The van der Waals surface area contributed by atoms with E-state index in [1.54, 1.807) is 0 Å². The van der Waals surface area contributed by atoms with Crippen molar-refractivity contribution in [3.63, 3.8) is 0 Å². The first-order chi connectivity index (χ1) is 11.6. The van der Waals surface area contributed by atoms with Crippen molar-refractivity contribution < 1.29 is 50.7 Å². The van der Waals surface area contributed by atoms with E-state index in [1.165, 1.54) is 19.1 Å². The van der Waals surface area contributed by atoms with Gasteiger partial charge in [0.2, 0.25) is 0 Å². The summed E-state index contributed by atoms with van der Waals surface area (Å²) < 4.78 is 4.92. The van der Waals surface area contributed by atoms with Gasteiger partial charge in [-0.15, -0.1) is 0 Å². The number of rotatable bonds is 13. The Bertz CT molecular complexity index is 350. The van der Waals surface area contributed by atoms with E-state index < -0.39 is 62.0 Å². The number of hydrogen-bond donors (Lipinski definition) is 9. The molecule has 0 amide bonds. The molecule has 0 aromatic rings. The third-order valence-electron chi connectivity index (χ3n) is 3.89. The first-order valence-electron chi connectivity index (χ1n) is 7.80. The van der Waals surface area contributed by atoms with Crippen LogP contribution in [-0.2, 0) is 4.74 Å². The summed E-state index contributed by atoms with van der Waals surface area (Å²) >= 11 is 0. The van der Waals surface area contributed by atoms with Crippen LogP contribution in [0.2, 0.25) is 0 Å². The van der Waals surface area contributed by atoms with Crippen LogP contribution in [0, 0.1) is 0 Å². The predicted molar refractivity (Wildman–Crippen MR) is 84.5 cm³/mol. The number of methoxy groups -OCH3 is 1. The molecule has 11 heteroatoms. The van der Waals surface area contributed by atoms with Gasteiger partial charge in [-0.05, 0) is 7.05 Å². The average Bonchev–Trinajstić information content (AvgIpc) is 2.58. The zero-order valence-corrected chi connectivity index (χ0v) is 14.3. The molecule has 0 saturated carbocycles. The zero-order chi connectivity index (χ0) is 19.7. The molecule has 0 fully saturated rings. The fraction of sp³-hybridized carbons (Fsp3) is 1.00. The molecule has 0 aromatic carbocycles. The maximum absolute atomic E-state index is 10.1. The highest BCUT2D eigenvalue weighted by Gasteiger charge is 2.34. The zero-order valence-electron chi connectivity index (χ0n) is 14.3. The van der Waals surface area contributed by atoms with E-state index in [0.29, 0.717) is 0 Å². The molecule has 25 heavy (non-hydrogen) atoms. The molecule has 4 unspecified atom stereocenters. The molecule has 0 spiro atoms. The molecule has 152 valence electrons. The molecule has 0 bridgehead atoms. The van der Waals surface area contributed by atoms with Gasteiger partial charge in [0.15, 0.2) is 0 Å². The molecule has 0 saturated heterocycles. The van der Waals surface area contributed by atoms with E-state index in [2.05, 4.69) is 0 Å². The summed E-state index contributed by atoms with van der Waals surface area (Å²) in [7, 11) is 2.67. The fourth-order valence-electron chi connectivity index (χ4n) is 2.34. The molecule has 0 radical (unpaired) electrons. The maximum atomic E-state index is 10.1. The number of nitrogens with zero attached hydrogens (tertiary/aromatic N) is 1. The minimum absolute atomic E-state index is 0.143. The second kappa shape index (κ2) is 12.0. The fourth-order valence-corrected chi connectivity index (χ4v) is 2.34. The smallest absolute Gasteiger partial charge is 0.113 e. The summed E-state index contributed by atoms with van der Waals surface area (Å²) in [5, 5.41) is 85.3. The lowest BCUT2D eigenvalue weighted by molar-refractivity contribution is -0.137. The van der Waals surface area contributed by atoms with E-state index in [-0.39, 0.29) is 13.1 Å². The minimum Gasteiger partial charge on any atom is -0.394 e. The van der Waals surface area contributed by atoms with E-state index in [9.17, 15) is 35.7 Å². The van der Waals surface area contributed by atoms with Gasteiger partial charge in [0.25, 0.3) is 0 Å². The van der Waals surface area contributed by atoms with Crippen LogP contribution in [0.15, 0.2) is 0 Å². The molecular weight excluding hydrogens is 342 g/mol. The summed E-state index contributed by atoms with van der Waals surface area (Å²) in [4.78, 5) is 1.36. The normalized spacial score (nSPS) is 22.1. The van der Waals surface area contributed by atoms with Crippen LogP contribution in [0.5, 0.6) is 0 Å². The van der Waals surface area contributed by atoms with E-state index in [1.807, 2.05) is 0 Å². The number of aliphatic hydroxyl groups excluding tert-OH is 9. The van der Waals surface area contributed by atoms with Crippen molar-refractivity contribution >= 4 is 0 Å². The van der Waals surface area contributed by atoms with Crippen molar-refractivity contribution in [3.05, 3.63) is 0 Å². The van der Waals surface area contributed by atoms with Crippen LogP contribution < -0.4 is 0 Å². The highest BCUT2D eigenvalue weighted by atomic mass is 16.5. The lowest BCUT2D eigenvalue weighted by Gasteiger charge is -2.33. The Hall–Kier alpha value is -0.440. The number of aliphatic hydroxyl groups is 9. The largest absolute Gasteiger partial charge is 0.394 e. The molecule has 0 aromatic heterocycles. The van der Waals surface area contributed by atoms with E-state index in [0.717, 1.165) is 0 Å². The molecular formula is C14H31NO10. The van der Waals surface area contributed by atoms with Crippen LogP contribution in [0.25, 0.3) is 0 Å². The molecule has 11 nitrogen and oxygen atoms in total. The SMILES string of the molecule is CO[C@@H]([C@H](O)C(O)CO)[C@@H](O)CN(C)CC(O)C(O)C(O)[C@H](O)CO. The highest BCUT2D eigenvalue weighted by molar-refractivity contribution is 4.85. The van der Waals surface area contributed by atoms with Gasteiger partial charge in [-0.25, -0.2) is 0 Å². The summed E-state index contributed by atoms with van der Waals surface area (Å²) in [5.74, 6) is 0. The Balaban J connectivity index is 4.63. The first-order valence-corrected chi connectivity index (χ1v) is 7.80. The quantitative estimate of drug-likeness (QED) is 0.149. The van der Waals surface area contributed by atoms with Crippen molar-refractivity contribution in [1.29, 1.82) is 0 Å². The van der Waals surface area contributed by atoms with Crippen molar-refractivity contribution in [3.8, 4) is 0 Å². The van der Waals surface area contributed by atoms with Gasteiger partial charge >= 0.3 is 0 Å². The second-order valence-electron chi connectivity index (χ2n) is 6.03. The minimum atomic E-state index is -1.76. The molecule has 0 heterocycles. The Morgan fingerprint density at radius 2 is 1.08 bits per heavy atom. The van der Waals surface area contributed by atoms with E-state index in [4.69, 9.17) is 14.9 Å². The Morgan fingerprint density at radius 1 is 0.680 bits per heavy atom. The van der Waals surface area contributed by atoms with Gasteiger partial charge in [-0.2, -0.15) is 0 Å². The number of likely N-dealkylation sites (N-methyl/N-ethyl adjacent to an activating group) is 1. The standard InChI is InChI=1S/C14H31NO10/c1-15(3-7(18)11(22)12(23)9(20)5-16)4-8(19)14(25-2)13(24)10(21)6-17/h7-14,16-24H,3-6H2,1-2H3/t7?,8-,9+,10?,11?,12?,13+,14+/m0/s1. The van der Waals surface area contributed by atoms with Crippen LogP contribution in [0.3, 0.4) is 0 Å². The Kier molecular flexibility index (Phi) is 11.8. The van der Waals surface area contributed by atoms with Gasteiger partial charge in [0.05, 0.1) is 25.4 Å². The van der Waals surface area contributed by atoms with Gasteiger partial charge in [-0.3, -0.25) is 0 Å². The number of hydrogen-bond acceptors (Lipinski definition) is 11. The molecule has 0 aliphatic heterocycles. The number of ether oxygens (including phenoxy) is 1. The molecule has 0 aliphatic rings. The lowest BCUT2D eigenvalue weighted by Crippen LogP contribution is -2.52. The average molecular weight is 373 g/mol. The van der Waals surface area contributed by atoms with Gasteiger partial charge in [0, 0.05) is 20.2 Å². The van der Waals surface area contributed by atoms with Crippen LogP contribution in [0.4, 0.5) is 0 Å². The second-order valence-corrected chi connectivity index (χ2v) is 6.03. The molecule has 9 N–H and O–H groups in total. The van der Waals surface area contributed by atoms with Crippen molar-refractivity contribution in [1.82, 2.24) is 4.90 Å². The van der Waals surface area contributed by atoms with Gasteiger partial charge in [0.1, 0.15) is 36.6 Å². The topological polar surface area (TPSA) is 195 Å². The van der Waals surface area contributed by atoms with Crippen LogP contribution >= 0.6 is 0 Å². The monoisotopic (exact) mass is 373 g/mol. The van der Waals surface area contributed by atoms with Crippen LogP contribution in [0.1, 0.15) is 0 Å². The Labute approximate surface area is 146 Å². The van der Waals surface area contributed by atoms with Gasteiger partial charge < -0.3 is 55.6 Å². The molecule has 0 aliphatic carbocycles. The van der Waals surface area contributed by atoms with E-state index >= 15 is 0 Å². The molecule has 0 rings (SSSR count). The summed E-state index contributed by atoms with van der Waals surface area (Å²) in [6, 6.07) is 0. The summed E-state index contributed by atoms with van der Waals surface area (Å²) in [6.07, 6.45) is -12.2. The summed E-state index contributed by atoms with van der Waals surface area (Å²) in [6.45, 7) is -1.88. The third-order valence-corrected chi connectivity index (χ3v) is 3.89. The van der Waals surface area contributed by atoms with Gasteiger partial charge in [-0.1, -0.05) is 0 Å². The third kappa shape index (κ3) is 7.76. The van der Waals surface area contributed by atoms with Crippen LogP contribution in [-0.4, -0.2) is 140 Å². The lowest BCUT2D eigenvalue weighted by atomic mass is 10.0. The summed E-state index contributed by atoms with van der Waals surface area (Å²) in [5.41, 5.74) is 0. The van der Waals surface area contributed by atoms with Crippen molar-refractivity contribution in [2.45, 2.75) is 48.8 Å². The molecule has 8 atom stereocenters. The maximum Gasteiger partial charge on any atom is 0.113 e. The predicted octanol–water partition coefficient (Wildman–Crippen LogP) is -5.56. The Morgan fingerprint density at radius 3 is 1.52 bits per heavy atom. The van der Waals surface area contributed by atoms with Crippen molar-refractivity contribution in [2.24, 2.45) is 0 Å².